The smallest absolute Gasteiger partial charge is 0.255 e. The molecule has 0 aliphatic rings. The molecule has 1 heterocycles. The average Bonchev–Trinajstić information content (AvgIpc) is 2.40. The van der Waals surface area contributed by atoms with E-state index in [0.717, 1.165) is 5.69 Å². The van der Waals surface area contributed by atoms with Gasteiger partial charge in [0.1, 0.15) is 5.82 Å². The molecule has 0 aliphatic heterocycles. The second kappa shape index (κ2) is 5.92. The fourth-order valence-corrected chi connectivity index (χ4v) is 1.86. The molecule has 20 heavy (non-hydrogen) atoms. The van der Waals surface area contributed by atoms with E-state index in [0.29, 0.717) is 22.1 Å². The SMILES string of the molecule is CC(C)c1cc(C(=O)Nc2ccc(Cl)cc2)cc(N)n1. The highest BCUT2D eigenvalue weighted by Crippen LogP contribution is 2.18. The van der Waals surface area contributed by atoms with E-state index in [-0.39, 0.29) is 11.8 Å². The van der Waals surface area contributed by atoms with E-state index < -0.39 is 0 Å². The van der Waals surface area contributed by atoms with Gasteiger partial charge in [-0.2, -0.15) is 0 Å². The summed E-state index contributed by atoms with van der Waals surface area (Å²) in [5.41, 5.74) is 7.71. The van der Waals surface area contributed by atoms with Crippen molar-refractivity contribution in [3.63, 3.8) is 0 Å². The molecular formula is C15H16ClN3O. The highest BCUT2D eigenvalue weighted by atomic mass is 35.5. The van der Waals surface area contributed by atoms with Crippen molar-refractivity contribution in [2.75, 3.05) is 11.1 Å². The number of nitrogens with zero attached hydrogens (tertiary/aromatic N) is 1. The van der Waals surface area contributed by atoms with Crippen molar-refractivity contribution in [1.29, 1.82) is 0 Å². The second-order valence-corrected chi connectivity index (χ2v) is 5.26. The third-order valence-corrected chi connectivity index (χ3v) is 3.07. The lowest BCUT2D eigenvalue weighted by Gasteiger charge is -2.10. The number of nitrogens with one attached hydrogen (secondary N) is 1. The molecule has 104 valence electrons. The van der Waals surface area contributed by atoms with Crippen LogP contribution in [0.4, 0.5) is 11.5 Å². The second-order valence-electron chi connectivity index (χ2n) is 4.82. The number of benzene rings is 1. The van der Waals surface area contributed by atoms with Crippen LogP contribution in [0, 0.1) is 0 Å². The molecule has 2 rings (SSSR count). The van der Waals surface area contributed by atoms with Gasteiger partial charge in [0.25, 0.3) is 5.91 Å². The minimum Gasteiger partial charge on any atom is -0.384 e. The Labute approximate surface area is 123 Å². The first-order valence-corrected chi connectivity index (χ1v) is 6.68. The summed E-state index contributed by atoms with van der Waals surface area (Å²) < 4.78 is 0. The van der Waals surface area contributed by atoms with Gasteiger partial charge in [-0.05, 0) is 42.3 Å². The molecule has 0 saturated carbocycles. The molecule has 0 radical (unpaired) electrons. The average molecular weight is 290 g/mol. The van der Waals surface area contributed by atoms with E-state index in [1.807, 2.05) is 13.8 Å². The third kappa shape index (κ3) is 3.48. The molecule has 0 unspecified atom stereocenters. The van der Waals surface area contributed by atoms with Gasteiger partial charge in [-0.25, -0.2) is 4.98 Å². The Balaban J connectivity index is 2.22. The summed E-state index contributed by atoms with van der Waals surface area (Å²) in [6.07, 6.45) is 0. The number of hydrogen-bond acceptors (Lipinski definition) is 3. The Morgan fingerprint density at radius 2 is 1.90 bits per heavy atom. The number of amides is 1. The van der Waals surface area contributed by atoms with Crippen molar-refractivity contribution in [3.8, 4) is 0 Å². The van der Waals surface area contributed by atoms with Gasteiger partial charge in [-0.3, -0.25) is 4.79 Å². The Morgan fingerprint density at radius 1 is 1.25 bits per heavy atom. The molecule has 0 spiro atoms. The number of carbonyl (C=O) groups is 1. The maximum absolute atomic E-state index is 12.2. The zero-order valence-electron chi connectivity index (χ0n) is 11.4. The van der Waals surface area contributed by atoms with Gasteiger partial charge in [-0.15, -0.1) is 0 Å². The topological polar surface area (TPSA) is 68.0 Å². The number of carbonyl (C=O) groups excluding carboxylic acids is 1. The van der Waals surface area contributed by atoms with Crippen LogP contribution < -0.4 is 11.1 Å². The first kappa shape index (κ1) is 14.3. The predicted molar refractivity (Wildman–Crippen MR) is 82.1 cm³/mol. The Morgan fingerprint density at radius 3 is 2.50 bits per heavy atom. The van der Waals surface area contributed by atoms with E-state index in [2.05, 4.69) is 10.3 Å². The van der Waals surface area contributed by atoms with Crippen LogP contribution >= 0.6 is 11.6 Å². The molecule has 1 aromatic heterocycles. The number of aromatic nitrogens is 1. The van der Waals surface area contributed by atoms with Gasteiger partial charge in [-0.1, -0.05) is 25.4 Å². The van der Waals surface area contributed by atoms with Crippen LogP contribution in [-0.4, -0.2) is 10.9 Å². The van der Waals surface area contributed by atoms with E-state index in [4.69, 9.17) is 17.3 Å². The zero-order valence-corrected chi connectivity index (χ0v) is 12.1. The molecule has 0 bridgehead atoms. The van der Waals surface area contributed by atoms with Gasteiger partial charge in [0, 0.05) is 22.0 Å². The van der Waals surface area contributed by atoms with Crippen molar-refractivity contribution in [2.45, 2.75) is 19.8 Å². The van der Waals surface area contributed by atoms with E-state index in [1.54, 1.807) is 36.4 Å². The van der Waals surface area contributed by atoms with Crippen molar-refractivity contribution < 1.29 is 4.79 Å². The van der Waals surface area contributed by atoms with Crippen molar-refractivity contribution in [1.82, 2.24) is 4.98 Å². The fourth-order valence-electron chi connectivity index (χ4n) is 1.74. The largest absolute Gasteiger partial charge is 0.384 e. The van der Waals surface area contributed by atoms with Crippen LogP contribution in [0.25, 0.3) is 0 Å². The van der Waals surface area contributed by atoms with Crippen LogP contribution in [0.15, 0.2) is 36.4 Å². The van der Waals surface area contributed by atoms with Crippen LogP contribution in [0.1, 0.15) is 35.8 Å². The minimum atomic E-state index is -0.219. The molecule has 0 atom stereocenters. The maximum atomic E-state index is 12.2. The highest BCUT2D eigenvalue weighted by molar-refractivity contribution is 6.30. The van der Waals surface area contributed by atoms with Gasteiger partial charge in [0.05, 0.1) is 0 Å². The highest BCUT2D eigenvalue weighted by Gasteiger charge is 2.11. The molecule has 0 saturated heterocycles. The van der Waals surface area contributed by atoms with E-state index >= 15 is 0 Å². The lowest BCUT2D eigenvalue weighted by Crippen LogP contribution is -2.13. The third-order valence-electron chi connectivity index (χ3n) is 2.82. The molecule has 3 N–H and O–H groups in total. The predicted octanol–water partition coefficient (Wildman–Crippen LogP) is 3.69. The molecule has 5 heteroatoms. The normalized spacial score (nSPS) is 10.6. The summed E-state index contributed by atoms with van der Waals surface area (Å²) >= 11 is 5.80. The summed E-state index contributed by atoms with van der Waals surface area (Å²) in [6.45, 7) is 4.01. The lowest BCUT2D eigenvalue weighted by molar-refractivity contribution is 0.102. The molecule has 1 amide bonds. The monoisotopic (exact) mass is 289 g/mol. The minimum absolute atomic E-state index is 0.209. The van der Waals surface area contributed by atoms with Crippen LogP contribution in [0.2, 0.25) is 5.02 Å². The molecule has 4 nitrogen and oxygen atoms in total. The fraction of sp³-hybridized carbons (Fsp3) is 0.200. The Bertz CT molecular complexity index is 624. The summed E-state index contributed by atoms with van der Waals surface area (Å²) in [4.78, 5) is 16.4. The first-order valence-electron chi connectivity index (χ1n) is 6.30. The maximum Gasteiger partial charge on any atom is 0.255 e. The van der Waals surface area contributed by atoms with Crippen LogP contribution in [0.5, 0.6) is 0 Å². The van der Waals surface area contributed by atoms with Gasteiger partial charge in [0.2, 0.25) is 0 Å². The van der Waals surface area contributed by atoms with Crippen molar-refractivity contribution >= 4 is 29.0 Å². The molecule has 1 aromatic carbocycles. The molecule has 2 aromatic rings. The van der Waals surface area contributed by atoms with Crippen LogP contribution in [0.3, 0.4) is 0 Å². The lowest BCUT2D eigenvalue weighted by atomic mass is 10.1. The quantitative estimate of drug-likeness (QED) is 0.905. The van der Waals surface area contributed by atoms with Gasteiger partial charge >= 0.3 is 0 Å². The molecular weight excluding hydrogens is 274 g/mol. The van der Waals surface area contributed by atoms with Gasteiger partial charge < -0.3 is 11.1 Å². The zero-order chi connectivity index (χ0) is 14.7. The number of pyridine rings is 1. The number of nitrogens with two attached hydrogens (primary N) is 1. The van der Waals surface area contributed by atoms with Gasteiger partial charge in [0.15, 0.2) is 0 Å². The molecule has 0 aliphatic carbocycles. The Hall–Kier alpha value is -2.07. The summed E-state index contributed by atoms with van der Waals surface area (Å²) in [6, 6.07) is 10.3. The van der Waals surface area contributed by atoms with Crippen molar-refractivity contribution in [3.05, 3.63) is 52.7 Å². The summed E-state index contributed by atoms with van der Waals surface area (Å²) in [5, 5.41) is 3.42. The Kier molecular flexibility index (Phi) is 4.25. The molecule has 0 fully saturated rings. The standard InChI is InChI=1S/C15H16ClN3O/c1-9(2)13-7-10(8-14(17)19-13)15(20)18-12-5-3-11(16)4-6-12/h3-9H,1-2H3,(H2,17,19)(H,18,20). The van der Waals surface area contributed by atoms with E-state index in [1.165, 1.54) is 0 Å². The van der Waals surface area contributed by atoms with Crippen LogP contribution in [-0.2, 0) is 0 Å². The first-order chi connectivity index (χ1) is 9.45. The number of rotatable bonds is 3. The number of nitrogen functional groups attached to an aromatic ring is 1. The summed E-state index contributed by atoms with van der Waals surface area (Å²) in [7, 11) is 0. The number of anilines is 2. The van der Waals surface area contributed by atoms with Crippen molar-refractivity contribution in [2.24, 2.45) is 0 Å². The van der Waals surface area contributed by atoms with E-state index in [9.17, 15) is 4.79 Å². The number of halogens is 1. The summed E-state index contributed by atoms with van der Waals surface area (Å²) in [5.74, 6) is 0.335. The number of hydrogen-bond donors (Lipinski definition) is 2.